The van der Waals surface area contributed by atoms with Crippen LogP contribution in [0.25, 0.3) is 0 Å². The van der Waals surface area contributed by atoms with Gasteiger partial charge in [0.05, 0.1) is 7.11 Å². The minimum Gasteiger partial charge on any atom is -0.507 e. The average molecular weight is 504 g/mol. The van der Waals surface area contributed by atoms with Gasteiger partial charge in [-0.2, -0.15) is 0 Å². The summed E-state index contributed by atoms with van der Waals surface area (Å²) in [7, 11) is -3.39. The van der Waals surface area contributed by atoms with Gasteiger partial charge >= 0.3 is 5.97 Å². The molecule has 1 aliphatic carbocycles. The molecular weight excluding hydrogens is 477 g/mol. The van der Waals surface area contributed by atoms with Crippen LogP contribution in [0.3, 0.4) is 0 Å². The number of anilines is 1. The molecule has 0 aromatic heterocycles. The van der Waals surface area contributed by atoms with Crippen LogP contribution < -0.4 is 10.1 Å². The topological polar surface area (TPSA) is 119 Å². The molecule has 2 N–H and O–H groups in total. The second-order valence-corrected chi connectivity index (χ2v) is 10.3. The van der Waals surface area contributed by atoms with E-state index in [4.69, 9.17) is 4.74 Å². The summed E-state index contributed by atoms with van der Waals surface area (Å²) in [4.78, 5) is 23.3. The zero-order valence-corrected chi connectivity index (χ0v) is 20.5. The molecule has 0 radical (unpaired) electrons. The number of aromatic hydroxyl groups is 1. The van der Waals surface area contributed by atoms with Gasteiger partial charge < -0.3 is 19.9 Å². The molecule has 2 aromatic carbocycles. The number of halogens is 1. The van der Waals surface area contributed by atoms with Crippen LogP contribution >= 0.6 is 0 Å². The molecular formula is C25H26FNO7S. The average Bonchev–Trinajstić information content (AvgIpc) is 2.81. The maximum absolute atomic E-state index is 15.2. The third kappa shape index (κ3) is 5.22. The summed E-state index contributed by atoms with van der Waals surface area (Å²) in [6, 6.07) is 6.81. The fourth-order valence-electron chi connectivity index (χ4n) is 3.57. The normalized spacial score (nSPS) is 18.1. The standard InChI is InChI=1S/C25H26FNO7S/c1-15-12-18(27-23(29)17(3)24(30)33-4)13-16(2)22(15)34-19-8-9-20(28)21(14-19)35(31,32)25(26)10-6-5-7-11-25/h5-10,12-14,17,28H,11H2,1-4H3,(H,27,29). The zero-order valence-electron chi connectivity index (χ0n) is 19.7. The molecule has 2 unspecified atom stereocenters. The highest BCUT2D eigenvalue weighted by Crippen LogP contribution is 2.40. The number of allylic oxidation sites excluding steroid dienone is 3. The number of hydrogen-bond donors (Lipinski definition) is 2. The summed E-state index contributed by atoms with van der Waals surface area (Å²) in [5.41, 5.74) is 1.63. The van der Waals surface area contributed by atoms with Crippen molar-refractivity contribution in [1.29, 1.82) is 0 Å². The van der Waals surface area contributed by atoms with Crippen LogP contribution in [0.1, 0.15) is 24.5 Å². The number of nitrogens with one attached hydrogen (secondary N) is 1. The van der Waals surface area contributed by atoms with E-state index in [2.05, 4.69) is 10.1 Å². The third-order valence-corrected chi connectivity index (χ3v) is 7.65. The van der Waals surface area contributed by atoms with Gasteiger partial charge in [-0.3, -0.25) is 9.59 Å². The van der Waals surface area contributed by atoms with Gasteiger partial charge in [0.2, 0.25) is 20.7 Å². The van der Waals surface area contributed by atoms with Crippen molar-refractivity contribution in [3.8, 4) is 17.2 Å². The molecule has 0 fully saturated rings. The first-order chi connectivity index (χ1) is 16.4. The Morgan fingerprint density at radius 3 is 2.37 bits per heavy atom. The number of methoxy groups -OCH3 is 1. The summed E-state index contributed by atoms with van der Waals surface area (Å²) >= 11 is 0. The van der Waals surface area contributed by atoms with E-state index in [1.54, 1.807) is 32.1 Å². The number of phenolic OH excluding ortho intramolecular Hbond substituents is 1. The van der Waals surface area contributed by atoms with Crippen molar-refractivity contribution < 1.29 is 37.0 Å². The number of sulfone groups is 1. The van der Waals surface area contributed by atoms with Gasteiger partial charge in [-0.15, -0.1) is 0 Å². The number of carbonyl (C=O) groups excluding carboxylic acids is 2. The Bertz CT molecular complexity index is 1310. The van der Waals surface area contributed by atoms with Gasteiger partial charge in [0.15, 0.2) is 0 Å². The lowest BCUT2D eigenvalue weighted by atomic mass is 10.1. The summed E-state index contributed by atoms with van der Waals surface area (Å²) in [6.45, 7) is 4.86. The number of ether oxygens (including phenoxy) is 2. The predicted molar refractivity (Wildman–Crippen MR) is 128 cm³/mol. The van der Waals surface area contributed by atoms with Crippen LogP contribution in [0.4, 0.5) is 10.1 Å². The van der Waals surface area contributed by atoms with Crippen LogP contribution in [0.5, 0.6) is 17.2 Å². The number of rotatable bonds is 7. The smallest absolute Gasteiger partial charge is 0.317 e. The fraction of sp³-hybridized carbons (Fsp3) is 0.280. The number of carbonyl (C=O) groups is 2. The van der Waals surface area contributed by atoms with Gasteiger partial charge in [-0.05, 0) is 62.2 Å². The molecule has 10 heteroatoms. The first kappa shape index (κ1) is 26.0. The molecule has 0 bridgehead atoms. The summed E-state index contributed by atoms with van der Waals surface area (Å²) in [5.74, 6) is -2.34. The van der Waals surface area contributed by atoms with E-state index in [1.807, 2.05) is 0 Å². The van der Waals surface area contributed by atoms with Crippen LogP contribution in [0, 0.1) is 19.8 Å². The number of hydrogen-bond acceptors (Lipinski definition) is 7. The first-order valence-corrected chi connectivity index (χ1v) is 12.2. The van der Waals surface area contributed by atoms with E-state index >= 15 is 4.39 Å². The molecule has 8 nitrogen and oxygen atoms in total. The minimum absolute atomic E-state index is 0.0719. The second-order valence-electron chi connectivity index (χ2n) is 8.19. The summed E-state index contributed by atoms with van der Waals surface area (Å²) in [6.07, 6.45) is 4.81. The van der Waals surface area contributed by atoms with Crippen molar-refractivity contribution in [2.24, 2.45) is 5.92 Å². The molecule has 186 valence electrons. The van der Waals surface area contributed by atoms with Crippen molar-refractivity contribution in [3.63, 3.8) is 0 Å². The molecule has 0 aliphatic heterocycles. The maximum atomic E-state index is 15.2. The number of phenols is 1. The highest BCUT2D eigenvalue weighted by Gasteiger charge is 2.44. The molecule has 35 heavy (non-hydrogen) atoms. The number of esters is 1. The van der Waals surface area contributed by atoms with Gasteiger partial charge in [-0.25, -0.2) is 12.8 Å². The minimum atomic E-state index is -4.58. The maximum Gasteiger partial charge on any atom is 0.317 e. The Hall–Kier alpha value is -3.66. The van der Waals surface area contributed by atoms with E-state index in [0.717, 1.165) is 18.2 Å². The molecule has 2 aromatic rings. The van der Waals surface area contributed by atoms with Crippen molar-refractivity contribution >= 4 is 27.4 Å². The Morgan fingerprint density at radius 2 is 1.80 bits per heavy atom. The van der Waals surface area contributed by atoms with Crippen molar-refractivity contribution in [1.82, 2.24) is 0 Å². The highest BCUT2D eigenvalue weighted by atomic mass is 32.2. The lowest BCUT2D eigenvalue weighted by Gasteiger charge is -2.23. The van der Waals surface area contributed by atoms with Gasteiger partial charge in [0.1, 0.15) is 28.1 Å². The van der Waals surface area contributed by atoms with Crippen LogP contribution in [-0.4, -0.2) is 37.5 Å². The van der Waals surface area contributed by atoms with Crippen molar-refractivity contribution in [2.75, 3.05) is 12.4 Å². The van der Waals surface area contributed by atoms with Crippen molar-refractivity contribution in [2.45, 2.75) is 37.1 Å². The highest BCUT2D eigenvalue weighted by molar-refractivity contribution is 7.93. The molecule has 0 saturated heterocycles. The Labute approximate surface area is 203 Å². The molecule has 0 saturated carbocycles. The van der Waals surface area contributed by atoms with E-state index in [-0.39, 0.29) is 12.2 Å². The molecule has 2 atom stereocenters. The molecule has 1 aliphatic rings. The Morgan fingerprint density at radius 1 is 1.14 bits per heavy atom. The quantitative estimate of drug-likeness (QED) is 0.422. The number of amides is 1. The Balaban J connectivity index is 1.89. The predicted octanol–water partition coefficient (Wildman–Crippen LogP) is 4.50. The molecule has 1 amide bonds. The van der Waals surface area contributed by atoms with Crippen molar-refractivity contribution in [3.05, 3.63) is 65.8 Å². The molecule has 3 rings (SSSR count). The number of benzene rings is 2. The number of alkyl halides is 1. The first-order valence-electron chi connectivity index (χ1n) is 10.7. The van der Waals surface area contributed by atoms with Crippen LogP contribution in [0.15, 0.2) is 59.5 Å². The third-order valence-electron chi connectivity index (χ3n) is 5.55. The summed E-state index contributed by atoms with van der Waals surface area (Å²) < 4.78 is 51.7. The Kier molecular flexibility index (Phi) is 7.35. The van der Waals surface area contributed by atoms with Gasteiger partial charge in [0, 0.05) is 18.2 Å². The molecule has 0 spiro atoms. The zero-order chi connectivity index (χ0) is 26.0. The second kappa shape index (κ2) is 9.91. The van der Waals surface area contributed by atoms with Crippen LogP contribution in [0.2, 0.25) is 0 Å². The molecule has 0 heterocycles. The SMILES string of the molecule is COC(=O)C(C)C(=O)Nc1cc(C)c(Oc2ccc(O)c(S(=O)(=O)C3(F)C=CC=CC3)c2)c(C)c1. The van der Waals surface area contributed by atoms with E-state index in [9.17, 15) is 23.1 Å². The fourth-order valence-corrected chi connectivity index (χ4v) is 5.12. The number of aryl methyl sites for hydroxylation is 2. The lowest BCUT2D eigenvalue weighted by Crippen LogP contribution is -2.32. The van der Waals surface area contributed by atoms with E-state index < -0.39 is 43.3 Å². The van der Waals surface area contributed by atoms with E-state index in [1.165, 1.54) is 32.3 Å². The lowest BCUT2D eigenvalue weighted by molar-refractivity contribution is -0.147. The van der Waals surface area contributed by atoms with Gasteiger partial charge in [-0.1, -0.05) is 18.2 Å². The van der Waals surface area contributed by atoms with Gasteiger partial charge in [0.25, 0.3) is 0 Å². The largest absolute Gasteiger partial charge is 0.507 e. The summed E-state index contributed by atoms with van der Waals surface area (Å²) in [5, 5.41) is 10.2. The monoisotopic (exact) mass is 503 g/mol. The van der Waals surface area contributed by atoms with E-state index in [0.29, 0.717) is 22.6 Å². The van der Waals surface area contributed by atoms with Crippen LogP contribution in [-0.2, 0) is 24.2 Å².